The Morgan fingerprint density at radius 2 is 1.90 bits per heavy atom. The van der Waals surface area contributed by atoms with E-state index >= 15 is 0 Å². The molecule has 0 radical (unpaired) electrons. The predicted molar refractivity (Wildman–Crippen MR) is 73.0 cm³/mol. The number of alkyl halides is 1. The average molecular weight is 281 g/mol. The van der Waals surface area contributed by atoms with Crippen molar-refractivity contribution in [1.29, 1.82) is 0 Å². The Morgan fingerprint density at radius 3 is 2.35 bits per heavy atom. The van der Waals surface area contributed by atoms with E-state index in [0.29, 0.717) is 5.56 Å². The number of carbonyl (C=O) groups is 1. The van der Waals surface area contributed by atoms with E-state index in [-0.39, 0.29) is 19.7 Å². The molecule has 1 fully saturated rings. The van der Waals surface area contributed by atoms with Gasteiger partial charge >= 0.3 is 6.09 Å². The summed E-state index contributed by atoms with van der Waals surface area (Å²) in [6.45, 7) is 5.27. The summed E-state index contributed by atoms with van der Waals surface area (Å²) in [4.78, 5) is 13.1. The summed E-state index contributed by atoms with van der Waals surface area (Å²) in [6.07, 6.45) is -0.488. The van der Waals surface area contributed by atoms with Crippen LogP contribution < -0.4 is 0 Å². The van der Waals surface area contributed by atoms with Gasteiger partial charge in [-0.25, -0.2) is 9.18 Å². The first-order chi connectivity index (χ1) is 9.23. The number of amides is 1. The summed E-state index contributed by atoms with van der Waals surface area (Å²) in [6, 6.07) is 6.68. The standard InChI is InChI=1S/C15H20FNO3/c1-14(2,3)20-13(19)17-9-15(16,10-17)12-6-4-11(8-18)5-7-12/h4-7,18H,8-10H2,1-3H3. The van der Waals surface area contributed by atoms with Gasteiger partial charge in [0.05, 0.1) is 19.7 Å². The van der Waals surface area contributed by atoms with Gasteiger partial charge in [-0.05, 0) is 31.9 Å². The van der Waals surface area contributed by atoms with E-state index in [0.717, 1.165) is 5.56 Å². The molecule has 110 valence electrons. The van der Waals surface area contributed by atoms with Crippen molar-refractivity contribution < 1.29 is 19.0 Å². The molecule has 1 amide bonds. The summed E-state index contributed by atoms with van der Waals surface area (Å²) in [5.74, 6) is 0. The maximum absolute atomic E-state index is 14.6. The van der Waals surface area contributed by atoms with Gasteiger partial charge in [0.25, 0.3) is 0 Å². The van der Waals surface area contributed by atoms with E-state index in [1.807, 2.05) is 0 Å². The highest BCUT2D eigenvalue weighted by Gasteiger charge is 2.48. The third-order valence-electron chi connectivity index (χ3n) is 3.19. The third-order valence-corrected chi connectivity index (χ3v) is 3.19. The molecule has 2 rings (SSSR count). The summed E-state index contributed by atoms with van der Waals surface area (Å²) in [7, 11) is 0. The fourth-order valence-corrected chi connectivity index (χ4v) is 2.11. The molecular formula is C15H20FNO3. The van der Waals surface area contributed by atoms with E-state index in [1.165, 1.54) is 4.90 Å². The Hall–Kier alpha value is -1.62. The minimum absolute atomic E-state index is 0.000382. The smallest absolute Gasteiger partial charge is 0.410 e. The Labute approximate surface area is 118 Å². The lowest BCUT2D eigenvalue weighted by atomic mass is 9.88. The average Bonchev–Trinajstić information content (AvgIpc) is 2.33. The minimum atomic E-state index is -1.52. The molecule has 1 N–H and O–H groups in total. The molecule has 1 heterocycles. The number of carbonyl (C=O) groups excluding carboxylic acids is 1. The predicted octanol–water partition coefficient (Wildman–Crippen LogP) is 2.59. The first-order valence-electron chi connectivity index (χ1n) is 6.61. The number of benzene rings is 1. The number of hydrogen-bond donors (Lipinski definition) is 1. The van der Waals surface area contributed by atoms with Gasteiger partial charge in [-0.1, -0.05) is 24.3 Å². The number of likely N-dealkylation sites (tertiary alicyclic amines) is 1. The van der Waals surface area contributed by atoms with Crippen molar-refractivity contribution in [2.45, 2.75) is 38.6 Å². The largest absolute Gasteiger partial charge is 0.444 e. The second kappa shape index (κ2) is 5.05. The quantitative estimate of drug-likeness (QED) is 0.906. The van der Waals surface area contributed by atoms with Crippen LogP contribution in [-0.2, 0) is 17.0 Å². The molecule has 1 aliphatic rings. The molecule has 1 aliphatic heterocycles. The molecule has 0 aromatic heterocycles. The van der Waals surface area contributed by atoms with Gasteiger partial charge < -0.3 is 14.7 Å². The lowest BCUT2D eigenvalue weighted by molar-refractivity contribution is -0.0537. The first kappa shape index (κ1) is 14.8. The number of aliphatic hydroxyl groups is 1. The van der Waals surface area contributed by atoms with Gasteiger partial charge in [0.1, 0.15) is 5.60 Å². The van der Waals surface area contributed by atoms with E-state index in [2.05, 4.69) is 0 Å². The van der Waals surface area contributed by atoms with Gasteiger partial charge in [0.15, 0.2) is 5.67 Å². The van der Waals surface area contributed by atoms with Gasteiger partial charge in [-0.15, -0.1) is 0 Å². The summed E-state index contributed by atoms with van der Waals surface area (Å²) < 4.78 is 19.8. The Morgan fingerprint density at radius 1 is 1.35 bits per heavy atom. The topological polar surface area (TPSA) is 49.8 Å². The van der Waals surface area contributed by atoms with Crippen molar-refractivity contribution in [2.24, 2.45) is 0 Å². The van der Waals surface area contributed by atoms with Gasteiger partial charge in [-0.3, -0.25) is 0 Å². The monoisotopic (exact) mass is 281 g/mol. The molecule has 0 spiro atoms. The number of halogens is 1. The third kappa shape index (κ3) is 3.10. The molecule has 1 saturated heterocycles. The first-order valence-corrected chi connectivity index (χ1v) is 6.61. The molecule has 4 nitrogen and oxygen atoms in total. The van der Waals surface area contributed by atoms with Gasteiger partial charge in [-0.2, -0.15) is 0 Å². The van der Waals surface area contributed by atoms with Gasteiger partial charge in [0.2, 0.25) is 0 Å². The van der Waals surface area contributed by atoms with E-state index < -0.39 is 17.4 Å². The zero-order valence-corrected chi connectivity index (χ0v) is 12.0. The van der Waals surface area contributed by atoms with Crippen LogP contribution >= 0.6 is 0 Å². The lowest BCUT2D eigenvalue weighted by Crippen LogP contribution is -2.59. The highest BCUT2D eigenvalue weighted by Crippen LogP contribution is 2.36. The second-order valence-electron chi connectivity index (χ2n) is 6.16. The van der Waals surface area contributed by atoms with Crippen LogP contribution in [-0.4, -0.2) is 34.8 Å². The number of nitrogens with zero attached hydrogens (tertiary/aromatic N) is 1. The Balaban J connectivity index is 1.98. The molecule has 1 aromatic carbocycles. The molecule has 0 saturated carbocycles. The van der Waals surface area contributed by atoms with Crippen LogP contribution in [0.2, 0.25) is 0 Å². The van der Waals surface area contributed by atoms with Crippen LogP contribution in [0.3, 0.4) is 0 Å². The fourth-order valence-electron chi connectivity index (χ4n) is 2.11. The minimum Gasteiger partial charge on any atom is -0.444 e. The maximum atomic E-state index is 14.6. The molecule has 1 aromatic rings. The van der Waals surface area contributed by atoms with Crippen LogP contribution in [0.15, 0.2) is 24.3 Å². The van der Waals surface area contributed by atoms with Crippen molar-refractivity contribution in [3.05, 3.63) is 35.4 Å². The molecule has 0 atom stereocenters. The lowest BCUT2D eigenvalue weighted by Gasteiger charge is -2.44. The van der Waals surface area contributed by atoms with E-state index in [9.17, 15) is 9.18 Å². The van der Waals surface area contributed by atoms with Crippen LogP contribution in [0.5, 0.6) is 0 Å². The molecule has 0 unspecified atom stereocenters. The van der Waals surface area contributed by atoms with Crippen molar-refractivity contribution in [3.8, 4) is 0 Å². The summed E-state index contributed by atoms with van der Waals surface area (Å²) in [5, 5.41) is 8.96. The Kier molecular flexibility index (Phi) is 3.73. The molecule has 20 heavy (non-hydrogen) atoms. The number of rotatable bonds is 2. The molecule has 5 heteroatoms. The Bertz CT molecular complexity index is 487. The zero-order valence-electron chi connectivity index (χ0n) is 12.0. The number of hydrogen-bond acceptors (Lipinski definition) is 3. The van der Waals surface area contributed by atoms with Crippen molar-refractivity contribution in [2.75, 3.05) is 13.1 Å². The molecule has 0 aliphatic carbocycles. The van der Waals surface area contributed by atoms with Gasteiger partial charge in [0, 0.05) is 0 Å². The highest BCUT2D eigenvalue weighted by atomic mass is 19.1. The number of aliphatic hydroxyl groups excluding tert-OH is 1. The fraction of sp³-hybridized carbons (Fsp3) is 0.533. The SMILES string of the molecule is CC(C)(C)OC(=O)N1CC(F)(c2ccc(CO)cc2)C1. The summed E-state index contributed by atoms with van der Waals surface area (Å²) in [5.41, 5.74) is -0.838. The highest BCUT2D eigenvalue weighted by molar-refractivity contribution is 5.70. The molecule has 0 bridgehead atoms. The normalized spacial score (nSPS) is 17.6. The van der Waals surface area contributed by atoms with E-state index in [1.54, 1.807) is 45.0 Å². The number of ether oxygens (including phenoxy) is 1. The molecular weight excluding hydrogens is 261 g/mol. The van der Waals surface area contributed by atoms with Crippen molar-refractivity contribution >= 4 is 6.09 Å². The second-order valence-corrected chi connectivity index (χ2v) is 6.16. The van der Waals surface area contributed by atoms with E-state index in [4.69, 9.17) is 9.84 Å². The van der Waals surface area contributed by atoms with Crippen LogP contribution in [0.4, 0.5) is 9.18 Å². The van der Waals surface area contributed by atoms with Crippen LogP contribution in [0.25, 0.3) is 0 Å². The van der Waals surface area contributed by atoms with Crippen molar-refractivity contribution in [1.82, 2.24) is 4.90 Å². The van der Waals surface area contributed by atoms with Crippen LogP contribution in [0.1, 0.15) is 31.9 Å². The van der Waals surface area contributed by atoms with Crippen LogP contribution in [0, 0.1) is 0 Å². The van der Waals surface area contributed by atoms with Crippen molar-refractivity contribution in [3.63, 3.8) is 0 Å². The summed E-state index contributed by atoms with van der Waals surface area (Å²) >= 11 is 0. The maximum Gasteiger partial charge on any atom is 0.410 e. The zero-order chi connectivity index (χ0) is 15.0.